The summed E-state index contributed by atoms with van der Waals surface area (Å²) in [5.41, 5.74) is 5.80. The maximum absolute atomic E-state index is 5.80. The lowest BCUT2D eigenvalue weighted by Crippen LogP contribution is -2.35. The van der Waals surface area contributed by atoms with Crippen LogP contribution in [0.25, 0.3) is 0 Å². The van der Waals surface area contributed by atoms with E-state index in [1.807, 2.05) is 0 Å². The molecule has 0 bridgehead atoms. The topological polar surface area (TPSA) is 41.6 Å². The van der Waals surface area contributed by atoms with E-state index in [0.29, 0.717) is 0 Å². The van der Waals surface area contributed by atoms with Gasteiger partial charge in [0.15, 0.2) is 5.96 Å². The van der Waals surface area contributed by atoms with Gasteiger partial charge < -0.3 is 10.6 Å². The molecule has 1 unspecified atom stereocenters. The molecule has 0 spiro atoms. The Morgan fingerprint density at radius 3 is 2.92 bits per heavy atom. The van der Waals surface area contributed by atoms with Crippen molar-refractivity contribution in [1.29, 1.82) is 0 Å². The average molecular weight is 169 g/mol. The molecule has 70 valence electrons. The second kappa shape index (κ2) is 4.33. The van der Waals surface area contributed by atoms with Gasteiger partial charge in [0.05, 0.1) is 0 Å². The highest BCUT2D eigenvalue weighted by molar-refractivity contribution is 5.78. The molecule has 0 amide bonds. The second-order valence-corrected chi connectivity index (χ2v) is 3.58. The molecule has 0 aliphatic carbocycles. The van der Waals surface area contributed by atoms with Crippen LogP contribution in [-0.4, -0.2) is 30.5 Å². The zero-order chi connectivity index (χ0) is 8.97. The summed E-state index contributed by atoms with van der Waals surface area (Å²) in [5.74, 6) is 1.52. The minimum Gasteiger partial charge on any atom is -0.370 e. The van der Waals surface area contributed by atoms with Crippen LogP contribution in [0.15, 0.2) is 4.99 Å². The van der Waals surface area contributed by atoms with Crippen molar-refractivity contribution in [3.05, 3.63) is 0 Å². The Hall–Kier alpha value is -0.730. The van der Waals surface area contributed by atoms with Crippen molar-refractivity contribution in [2.75, 3.05) is 19.6 Å². The van der Waals surface area contributed by atoms with Gasteiger partial charge in [-0.2, -0.15) is 0 Å². The van der Waals surface area contributed by atoms with Crippen molar-refractivity contribution in [2.24, 2.45) is 16.6 Å². The van der Waals surface area contributed by atoms with Gasteiger partial charge in [0.2, 0.25) is 0 Å². The van der Waals surface area contributed by atoms with Crippen molar-refractivity contribution in [1.82, 2.24) is 4.90 Å². The number of hydrogen-bond acceptors (Lipinski definition) is 1. The Kier molecular flexibility index (Phi) is 3.38. The van der Waals surface area contributed by atoms with Gasteiger partial charge in [-0.3, -0.25) is 4.99 Å². The third kappa shape index (κ3) is 2.40. The lowest BCUT2D eigenvalue weighted by Gasteiger charge is -2.16. The predicted molar refractivity (Wildman–Crippen MR) is 52.1 cm³/mol. The van der Waals surface area contributed by atoms with Crippen LogP contribution in [-0.2, 0) is 0 Å². The molecule has 3 nitrogen and oxygen atoms in total. The number of hydrogen-bond donors (Lipinski definition) is 1. The average Bonchev–Trinajstić information content (AvgIpc) is 2.47. The van der Waals surface area contributed by atoms with Gasteiger partial charge in [0.25, 0.3) is 0 Å². The molecule has 1 fully saturated rings. The van der Waals surface area contributed by atoms with Crippen molar-refractivity contribution >= 4 is 5.96 Å². The number of guanidine groups is 1. The fraction of sp³-hybridized carbons (Fsp3) is 0.889. The highest BCUT2D eigenvalue weighted by Gasteiger charge is 2.19. The summed E-state index contributed by atoms with van der Waals surface area (Å²) >= 11 is 0. The minimum atomic E-state index is 0.737. The summed E-state index contributed by atoms with van der Waals surface area (Å²) in [6.45, 7) is 7.40. The minimum absolute atomic E-state index is 0.737. The first kappa shape index (κ1) is 9.36. The van der Waals surface area contributed by atoms with E-state index < -0.39 is 0 Å². The SMILES string of the molecule is CCCN=C(N)N1CCC(C)C1. The van der Waals surface area contributed by atoms with E-state index >= 15 is 0 Å². The third-order valence-corrected chi connectivity index (χ3v) is 2.25. The monoisotopic (exact) mass is 169 g/mol. The van der Waals surface area contributed by atoms with E-state index in [4.69, 9.17) is 5.73 Å². The van der Waals surface area contributed by atoms with Gasteiger partial charge in [-0.25, -0.2) is 0 Å². The van der Waals surface area contributed by atoms with Gasteiger partial charge in [0.1, 0.15) is 0 Å². The molecule has 0 aromatic heterocycles. The lowest BCUT2D eigenvalue weighted by molar-refractivity contribution is 0.486. The molecule has 0 saturated carbocycles. The van der Waals surface area contributed by atoms with Crippen LogP contribution in [0.3, 0.4) is 0 Å². The van der Waals surface area contributed by atoms with Crippen molar-refractivity contribution < 1.29 is 0 Å². The molecule has 1 aliphatic rings. The summed E-state index contributed by atoms with van der Waals surface area (Å²) in [4.78, 5) is 6.46. The molecule has 3 heteroatoms. The van der Waals surface area contributed by atoms with Crippen LogP contribution in [0.5, 0.6) is 0 Å². The predicted octanol–water partition coefficient (Wildman–Crippen LogP) is 1.05. The van der Waals surface area contributed by atoms with Crippen LogP contribution in [0.4, 0.5) is 0 Å². The van der Waals surface area contributed by atoms with E-state index in [9.17, 15) is 0 Å². The second-order valence-electron chi connectivity index (χ2n) is 3.58. The largest absolute Gasteiger partial charge is 0.370 e. The number of nitrogens with zero attached hydrogens (tertiary/aromatic N) is 2. The lowest BCUT2D eigenvalue weighted by atomic mass is 10.2. The maximum atomic E-state index is 5.80. The van der Waals surface area contributed by atoms with Crippen molar-refractivity contribution in [3.8, 4) is 0 Å². The van der Waals surface area contributed by atoms with Gasteiger partial charge >= 0.3 is 0 Å². The van der Waals surface area contributed by atoms with Crippen LogP contribution in [0, 0.1) is 5.92 Å². The molecule has 1 atom stereocenters. The van der Waals surface area contributed by atoms with E-state index in [-0.39, 0.29) is 0 Å². The zero-order valence-corrected chi connectivity index (χ0v) is 8.08. The third-order valence-electron chi connectivity index (χ3n) is 2.25. The van der Waals surface area contributed by atoms with Crippen LogP contribution in [0.1, 0.15) is 26.7 Å². The van der Waals surface area contributed by atoms with Gasteiger partial charge in [-0.05, 0) is 18.8 Å². The molecule has 0 radical (unpaired) electrons. The Balaban J connectivity index is 2.37. The van der Waals surface area contributed by atoms with Gasteiger partial charge in [0, 0.05) is 19.6 Å². The van der Waals surface area contributed by atoms with Gasteiger partial charge in [-0.15, -0.1) is 0 Å². The molecular formula is C9H19N3. The van der Waals surface area contributed by atoms with E-state index in [1.165, 1.54) is 6.42 Å². The number of likely N-dealkylation sites (tertiary alicyclic amines) is 1. The molecule has 0 aromatic rings. The summed E-state index contributed by atoms with van der Waals surface area (Å²) < 4.78 is 0. The Morgan fingerprint density at radius 2 is 2.42 bits per heavy atom. The van der Waals surface area contributed by atoms with E-state index in [2.05, 4.69) is 23.7 Å². The van der Waals surface area contributed by atoms with Crippen LogP contribution >= 0.6 is 0 Å². The first-order valence-corrected chi connectivity index (χ1v) is 4.79. The maximum Gasteiger partial charge on any atom is 0.191 e. The van der Waals surface area contributed by atoms with Crippen molar-refractivity contribution in [2.45, 2.75) is 26.7 Å². The molecular weight excluding hydrogens is 150 g/mol. The smallest absolute Gasteiger partial charge is 0.191 e. The van der Waals surface area contributed by atoms with Crippen LogP contribution < -0.4 is 5.73 Å². The number of rotatable bonds is 2. The standard InChI is InChI=1S/C9H19N3/c1-3-5-11-9(10)12-6-4-8(2)7-12/h8H,3-7H2,1-2H3,(H2,10,11). The van der Waals surface area contributed by atoms with Gasteiger partial charge in [-0.1, -0.05) is 13.8 Å². The molecule has 12 heavy (non-hydrogen) atoms. The molecule has 1 heterocycles. The number of nitrogens with two attached hydrogens (primary N) is 1. The molecule has 0 aromatic carbocycles. The first-order valence-electron chi connectivity index (χ1n) is 4.79. The van der Waals surface area contributed by atoms with E-state index in [0.717, 1.165) is 37.9 Å². The normalized spacial score (nSPS) is 25.0. The summed E-state index contributed by atoms with van der Waals surface area (Å²) in [6.07, 6.45) is 2.33. The quantitative estimate of drug-likeness (QED) is 0.496. The summed E-state index contributed by atoms with van der Waals surface area (Å²) in [5, 5.41) is 0. The highest BCUT2D eigenvalue weighted by Crippen LogP contribution is 2.13. The Bertz CT molecular complexity index is 165. The first-order chi connectivity index (χ1) is 5.74. The van der Waals surface area contributed by atoms with E-state index in [1.54, 1.807) is 0 Å². The zero-order valence-electron chi connectivity index (χ0n) is 8.08. The fourth-order valence-electron chi connectivity index (χ4n) is 1.47. The summed E-state index contributed by atoms with van der Waals surface area (Å²) in [6, 6.07) is 0. The Labute approximate surface area is 74.6 Å². The highest BCUT2D eigenvalue weighted by atomic mass is 15.3. The molecule has 1 saturated heterocycles. The molecule has 2 N–H and O–H groups in total. The molecule has 1 rings (SSSR count). The van der Waals surface area contributed by atoms with Crippen molar-refractivity contribution in [3.63, 3.8) is 0 Å². The Morgan fingerprint density at radius 1 is 1.67 bits per heavy atom. The summed E-state index contributed by atoms with van der Waals surface area (Å²) in [7, 11) is 0. The fourth-order valence-corrected chi connectivity index (χ4v) is 1.47. The van der Waals surface area contributed by atoms with Crippen LogP contribution in [0.2, 0.25) is 0 Å². The molecule has 1 aliphatic heterocycles. The number of aliphatic imine (C=N–C) groups is 1.